The molecule has 2 rings (SSSR count). The molecule has 0 unspecified atom stereocenters. The van der Waals surface area contributed by atoms with Crippen LogP contribution in [0.4, 0.5) is 5.69 Å². The van der Waals surface area contributed by atoms with Gasteiger partial charge in [0.05, 0.1) is 13.4 Å². The topological polar surface area (TPSA) is 99.2 Å². The van der Waals surface area contributed by atoms with Crippen molar-refractivity contribution in [2.75, 3.05) is 19.4 Å². The van der Waals surface area contributed by atoms with Crippen LogP contribution < -0.4 is 15.2 Å². The summed E-state index contributed by atoms with van der Waals surface area (Å²) in [6.45, 7) is 2.53. The maximum absolute atomic E-state index is 12.3. The molecule has 0 bridgehead atoms. The third-order valence-electron chi connectivity index (χ3n) is 3.06. The summed E-state index contributed by atoms with van der Waals surface area (Å²) in [5.74, 6) is 0.275. The monoisotopic (exact) mass is 310 g/mol. The highest BCUT2D eigenvalue weighted by Gasteiger charge is 2.20. The van der Waals surface area contributed by atoms with Gasteiger partial charge in [-0.05, 0) is 24.6 Å². The van der Waals surface area contributed by atoms with Gasteiger partial charge in [0.1, 0.15) is 10.6 Å². The molecule has 1 aromatic carbocycles. The van der Waals surface area contributed by atoms with Gasteiger partial charge in [-0.25, -0.2) is 18.1 Å². The van der Waals surface area contributed by atoms with Crippen molar-refractivity contribution in [1.82, 2.24) is 14.3 Å². The molecule has 0 amide bonds. The van der Waals surface area contributed by atoms with Crippen LogP contribution in [0.5, 0.6) is 5.75 Å². The molecule has 3 N–H and O–H groups in total. The maximum Gasteiger partial charge on any atom is 0.244 e. The molecule has 8 heteroatoms. The quantitative estimate of drug-likeness (QED) is 0.767. The van der Waals surface area contributed by atoms with E-state index < -0.39 is 10.0 Å². The molecule has 2 aromatic rings. The number of methoxy groups -OCH3 is 1. The van der Waals surface area contributed by atoms with Gasteiger partial charge in [0.25, 0.3) is 0 Å². The Morgan fingerprint density at radius 1 is 1.43 bits per heavy atom. The molecule has 1 heterocycles. The number of imidazole rings is 1. The van der Waals surface area contributed by atoms with Crippen LogP contribution in [0.1, 0.15) is 5.56 Å². The molecule has 0 radical (unpaired) electrons. The Bertz CT molecular complexity index is 711. The normalized spacial score (nSPS) is 11.5. The number of hydrogen-bond acceptors (Lipinski definition) is 5. The Kier molecular flexibility index (Phi) is 4.49. The van der Waals surface area contributed by atoms with Crippen LogP contribution in [0.3, 0.4) is 0 Å². The van der Waals surface area contributed by atoms with E-state index in [1.165, 1.54) is 13.2 Å². The lowest BCUT2D eigenvalue weighted by molar-refractivity contribution is 0.402. The third kappa shape index (κ3) is 3.53. The van der Waals surface area contributed by atoms with Crippen LogP contribution in [0.25, 0.3) is 0 Å². The molecular weight excluding hydrogens is 292 g/mol. The lowest BCUT2D eigenvalue weighted by Gasteiger charge is -2.13. The minimum Gasteiger partial charge on any atom is -0.495 e. The number of nitrogens with one attached hydrogen (secondary N) is 1. The number of anilines is 1. The first-order valence-electron chi connectivity index (χ1n) is 6.33. The summed E-state index contributed by atoms with van der Waals surface area (Å²) in [6.07, 6.45) is 5.02. The minimum atomic E-state index is -3.68. The molecule has 7 nitrogen and oxygen atoms in total. The number of benzene rings is 1. The highest BCUT2D eigenvalue weighted by Crippen LogP contribution is 2.28. The molecule has 0 spiro atoms. The third-order valence-corrected chi connectivity index (χ3v) is 4.55. The largest absolute Gasteiger partial charge is 0.495 e. The number of nitrogens with zero attached hydrogens (tertiary/aromatic N) is 2. The minimum absolute atomic E-state index is 0.0405. The zero-order valence-electron chi connectivity index (χ0n) is 11.9. The lowest BCUT2D eigenvalue weighted by Crippen LogP contribution is -2.27. The van der Waals surface area contributed by atoms with Crippen molar-refractivity contribution in [3.8, 4) is 5.75 Å². The summed E-state index contributed by atoms with van der Waals surface area (Å²) in [5, 5.41) is 0. The molecule has 114 valence electrons. The second kappa shape index (κ2) is 6.15. The van der Waals surface area contributed by atoms with Gasteiger partial charge in [-0.15, -0.1) is 0 Å². The SMILES string of the molecule is COc1cc(C)c(N)cc1S(=O)(=O)NCCn1ccnc1. The van der Waals surface area contributed by atoms with E-state index in [0.29, 0.717) is 12.2 Å². The van der Waals surface area contributed by atoms with E-state index in [4.69, 9.17) is 10.5 Å². The molecule has 21 heavy (non-hydrogen) atoms. The van der Waals surface area contributed by atoms with Crippen molar-refractivity contribution in [3.63, 3.8) is 0 Å². The van der Waals surface area contributed by atoms with E-state index >= 15 is 0 Å². The maximum atomic E-state index is 12.3. The number of hydrogen-bond donors (Lipinski definition) is 2. The number of sulfonamides is 1. The fraction of sp³-hybridized carbons (Fsp3) is 0.308. The molecule has 1 aromatic heterocycles. The second-order valence-corrected chi connectivity index (χ2v) is 6.29. The predicted molar refractivity (Wildman–Crippen MR) is 79.6 cm³/mol. The molecule has 0 aliphatic rings. The van der Waals surface area contributed by atoms with Gasteiger partial charge in [-0.3, -0.25) is 0 Å². The zero-order valence-corrected chi connectivity index (χ0v) is 12.7. The summed E-state index contributed by atoms with van der Waals surface area (Å²) in [5.41, 5.74) is 6.96. The highest BCUT2D eigenvalue weighted by molar-refractivity contribution is 7.89. The van der Waals surface area contributed by atoms with Crippen molar-refractivity contribution >= 4 is 15.7 Å². The first-order valence-corrected chi connectivity index (χ1v) is 7.82. The van der Waals surface area contributed by atoms with Crippen molar-refractivity contribution < 1.29 is 13.2 Å². The summed E-state index contributed by atoms with van der Waals surface area (Å²) < 4.78 is 34.1. The van der Waals surface area contributed by atoms with Gasteiger partial charge < -0.3 is 15.0 Å². The van der Waals surface area contributed by atoms with Gasteiger partial charge in [0.2, 0.25) is 10.0 Å². The van der Waals surface area contributed by atoms with E-state index in [1.54, 1.807) is 36.3 Å². The first-order chi connectivity index (χ1) is 9.94. The van der Waals surface area contributed by atoms with E-state index in [1.807, 2.05) is 0 Å². The molecule has 0 saturated heterocycles. The van der Waals surface area contributed by atoms with Crippen molar-refractivity contribution in [2.45, 2.75) is 18.4 Å². The lowest BCUT2D eigenvalue weighted by atomic mass is 10.2. The molecule has 0 aliphatic carbocycles. The average molecular weight is 310 g/mol. The summed E-state index contributed by atoms with van der Waals surface area (Å²) in [4.78, 5) is 3.93. The molecule has 0 atom stereocenters. The van der Waals surface area contributed by atoms with Crippen LogP contribution in [-0.4, -0.2) is 31.6 Å². The number of nitrogens with two attached hydrogens (primary N) is 1. The van der Waals surface area contributed by atoms with Crippen LogP contribution in [0, 0.1) is 6.92 Å². The van der Waals surface area contributed by atoms with Crippen molar-refractivity contribution in [3.05, 3.63) is 36.4 Å². The highest BCUT2D eigenvalue weighted by atomic mass is 32.2. The summed E-state index contributed by atoms with van der Waals surface area (Å²) in [7, 11) is -2.26. The first kappa shape index (κ1) is 15.3. The second-order valence-electron chi connectivity index (χ2n) is 4.56. The fourth-order valence-corrected chi connectivity index (χ4v) is 3.06. The number of aromatic nitrogens is 2. The zero-order chi connectivity index (χ0) is 15.5. The van der Waals surface area contributed by atoms with Crippen molar-refractivity contribution in [2.24, 2.45) is 0 Å². The Hall–Kier alpha value is -2.06. The van der Waals surface area contributed by atoms with Gasteiger partial charge in [0, 0.05) is 31.2 Å². The van der Waals surface area contributed by atoms with Gasteiger partial charge in [-0.2, -0.15) is 0 Å². The average Bonchev–Trinajstić information content (AvgIpc) is 2.94. The number of rotatable bonds is 6. The van der Waals surface area contributed by atoms with Crippen LogP contribution in [-0.2, 0) is 16.6 Å². The molecule has 0 fully saturated rings. The Morgan fingerprint density at radius 3 is 2.81 bits per heavy atom. The van der Waals surface area contributed by atoms with Crippen molar-refractivity contribution in [1.29, 1.82) is 0 Å². The summed E-state index contributed by atoms with van der Waals surface area (Å²) >= 11 is 0. The Morgan fingerprint density at radius 2 is 2.19 bits per heavy atom. The Balaban J connectivity index is 2.17. The van der Waals surface area contributed by atoms with Gasteiger partial charge in [-0.1, -0.05) is 0 Å². The number of nitrogen functional groups attached to an aromatic ring is 1. The number of ether oxygens (including phenoxy) is 1. The smallest absolute Gasteiger partial charge is 0.244 e. The fourth-order valence-electron chi connectivity index (χ4n) is 1.85. The van der Waals surface area contributed by atoms with E-state index in [9.17, 15) is 8.42 Å². The molecule has 0 aliphatic heterocycles. The standard InChI is InChI=1S/C13H18N4O3S/c1-10-7-12(20-2)13(8-11(10)14)21(18,19)16-4-6-17-5-3-15-9-17/h3,5,7-9,16H,4,6,14H2,1-2H3. The van der Waals surface area contributed by atoms with E-state index in [2.05, 4.69) is 9.71 Å². The van der Waals surface area contributed by atoms with Crippen LogP contribution in [0.2, 0.25) is 0 Å². The van der Waals surface area contributed by atoms with E-state index in [-0.39, 0.29) is 17.2 Å². The molecular formula is C13H18N4O3S. The van der Waals surface area contributed by atoms with Gasteiger partial charge in [0.15, 0.2) is 0 Å². The number of aryl methyl sites for hydroxylation is 1. The van der Waals surface area contributed by atoms with Gasteiger partial charge >= 0.3 is 0 Å². The van der Waals surface area contributed by atoms with E-state index in [0.717, 1.165) is 5.56 Å². The summed E-state index contributed by atoms with van der Waals surface area (Å²) in [6, 6.07) is 3.02. The predicted octanol–water partition coefficient (Wildman–Crippen LogP) is 0.761. The van der Waals surface area contributed by atoms with Crippen LogP contribution in [0.15, 0.2) is 35.7 Å². The molecule has 0 saturated carbocycles. The Labute approximate surface area is 123 Å². The van der Waals surface area contributed by atoms with Crippen LogP contribution >= 0.6 is 0 Å².